The molecule has 0 saturated heterocycles. The molecule has 35 heteroatoms. The maximum absolute atomic E-state index is 13.8. The van der Waals surface area contributed by atoms with Crippen molar-refractivity contribution in [3.8, 4) is 0 Å². The molecule has 0 spiro atoms. The van der Waals surface area contributed by atoms with Crippen LogP contribution in [0.5, 0.6) is 0 Å². The van der Waals surface area contributed by atoms with Crippen molar-refractivity contribution in [2.24, 2.45) is 27.9 Å². The Morgan fingerprint density at radius 3 is 1.74 bits per heavy atom. The molecule has 6 unspecified atom stereocenters. The van der Waals surface area contributed by atoms with Crippen LogP contribution in [0.4, 0.5) is 0 Å². The number of aliphatic hydroxyl groups is 2. The fourth-order valence-electron chi connectivity index (χ4n) is 7.11. The number of aromatic nitrogens is 1. The molecule has 0 radical (unpaired) electrons. The molecule has 6 atom stereocenters. The zero-order chi connectivity index (χ0) is 58.1. The lowest BCUT2D eigenvalue weighted by atomic mass is 9.88. The number of guanidine groups is 1. The van der Waals surface area contributed by atoms with Crippen LogP contribution < -0.4 is 86.7 Å². The number of nitrogens with two attached hydrogens (primary N) is 4. The highest BCUT2D eigenvalue weighted by Crippen LogP contribution is 2.30. The van der Waals surface area contributed by atoms with Crippen LogP contribution in [0.2, 0.25) is 0 Å². The molecule has 1 aliphatic heterocycles. The van der Waals surface area contributed by atoms with E-state index >= 15 is 0 Å². The van der Waals surface area contributed by atoms with Gasteiger partial charge in [0.05, 0.1) is 71.5 Å². The van der Waals surface area contributed by atoms with Crippen molar-refractivity contribution in [1.82, 2.24) is 68.8 Å². The number of amides is 13. The van der Waals surface area contributed by atoms with Crippen molar-refractivity contribution in [2.75, 3.05) is 72.1 Å². The van der Waals surface area contributed by atoms with E-state index in [-0.39, 0.29) is 49.4 Å². The smallest absolute Gasteiger partial charge is 0.326 e. The lowest BCUT2D eigenvalue weighted by Crippen LogP contribution is -2.58. The van der Waals surface area contributed by atoms with Crippen molar-refractivity contribution < 1.29 is 82.4 Å². The number of hydrogen-bond donors (Lipinski definition) is 20. The standard InChI is InChI=1S/C43H62N18O17/c44-8-26(64)49-10-27(65)50-11-28(66)51-14-31(69)59-25(18-63)40(75)60-23-7-19-9-53-35-20(19)3-1-4-21(35)34(37(45)72)36(61-33(71)16-54-38(23)73)41(76)56-12-29(67)52-13-30(68)58-24(17-62)39(74)55-15-32(70)57-22(42(77)78)5-2-6-48-43(46)47/h1,3-4,9,22-25,34,36,53,62-63H,2,5-8,10-18,44H2,(H2,45,72)(H,49,64)(H,50,65)(H,51,66)(H,52,67)(H,54,73)(H,55,74)(H,56,76)(H,57,70)(H,58,68)(H,59,69)(H,60,75)(H,61,71)(H,77,78)(H4,46,47,48). The highest BCUT2D eigenvalue weighted by atomic mass is 16.4. The minimum atomic E-state index is -1.87. The Bertz CT molecular complexity index is 2620. The monoisotopic (exact) mass is 1100 g/mol. The molecule has 24 N–H and O–H groups in total. The van der Waals surface area contributed by atoms with E-state index in [2.05, 4.69) is 73.8 Å². The van der Waals surface area contributed by atoms with Crippen LogP contribution in [-0.4, -0.2) is 211 Å². The largest absolute Gasteiger partial charge is 0.480 e. The summed E-state index contributed by atoms with van der Waals surface area (Å²) in [5, 5.41) is 56.0. The molecule has 1 aromatic carbocycles. The summed E-state index contributed by atoms with van der Waals surface area (Å²) in [4.78, 5) is 184. The average Bonchev–Trinajstić information content (AvgIpc) is 3.84. The van der Waals surface area contributed by atoms with E-state index in [0.717, 1.165) is 0 Å². The van der Waals surface area contributed by atoms with Gasteiger partial charge in [-0.1, -0.05) is 18.2 Å². The minimum Gasteiger partial charge on any atom is -0.480 e. The van der Waals surface area contributed by atoms with Crippen molar-refractivity contribution in [3.63, 3.8) is 0 Å². The molecular weight excluding hydrogens is 1040 g/mol. The van der Waals surface area contributed by atoms with Crippen molar-refractivity contribution >= 4 is 99.6 Å². The number of carboxylic acid groups (broad SMARTS) is 1. The number of carbonyl (C=O) groups excluding carboxylic acids is 13. The number of aliphatic imine (C=N–C) groups is 1. The Kier molecular flexibility index (Phi) is 25.3. The molecule has 78 heavy (non-hydrogen) atoms. The quantitative estimate of drug-likeness (QED) is 0.0214. The highest BCUT2D eigenvalue weighted by molar-refractivity contribution is 6.02. The van der Waals surface area contributed by atoms with Gasteiger partial charge in [-0.05, 0) is 24.0 Å². The second-order valence-corrected chi connectivity index (χ2v) is 16.8. The summed E-state index contributed by atoms with van der Waals surface area (Å²) in [5.74, 6) is -15.9. The number of benzene rings is 1. The molecule has 2 aromatic rings. The fraction of sp³-hybridized carbons (Fsp3) is 0.465. The molecule has 35 nitrogen and oxygen atoms in total. The molecule has 0 fully saturated rings. The number of rotatable bonds is 28. The van der Waals surface area contributed by atoms with Crippen molar-refractivity contribution in [1.29, 1.82) is 0 Å². The number of aliphatic hydroxyl groups excluding tert-OH is 2. The predicted octanol–water partition coefficient (Wildman–Crippen LogP) is -12.4. The van der Waals surface area contributed by atoms with Gasteiger partial charge >= 0.3 is 5.97 Å². The number of carboxylic acids is 1. The Labute approximate surface area is 441 Å². The molecule has 2 heterocycles. The zero-order valence-corrected chi connectivity index (χ0v) is 41.5. The number of aliphatic carboxylic acids is 1. The van der Waals surface area contributed by atoms with E-state index in [1.807, 2.05) is 0 Å². The summed E-state index contributed by atoms with van der Waals surface area (Å²) in [7, 11) is 0. The number of aromatic amines is 1. The Morgan fingerprint density at radius 1 is 0.679 bits per heavy atom. The number of H-pyrrole nitrogens is 1. The average molecular weight is 1100 g/mol. The lowest BCUT2D eigenvalue weighted by molar-refractivity contribution is -0.142. The number of primary amides is 1. The summed E-state index contributed by atoms with van der Waals surface area (Å²) >= 11 is 0. The van der Waals surface area contributed by atoms with Gasteiger partial charge in [0.25, 0.3) is 0 Å². The van der Waals surface area contributed by atoms with Gasteiger partial charge in [0.15, 0.2) is 5.96 Å². The number of nitrogens with one attached hydrogen (secondary N) is 13. The third-order valence-corrected chi connectivity index (χ3v) is 11.0. The van der Waals surface area contributed by atoms with E-state index in [1.165, 1.54) is 18.3 Å². The summed E-state index contributed by atoms with van der Waals surface area (Å²) in [6.45, 7) is -7.40. The maximum Gasteiger partial charge on any atom is 0.326 e. The summed E-state index contributed by atoms with van der Waals surface area (Å²) in [5.41, 5.74) is 22.0. The van der Waals surface area contributed by atoms with Crippen LogP contribution >= 0.6 is 0 Å². The third kappa shape index (κ3) is 20.7. The Hall–Kier alpha value is -9.51. The first-order valence-corrected chi connectivity index (χ1v) is 23.4. The van der Waals surface area contributed by atoms with Gasteiger partial charge in [-0.15, -0.1) is 0 Å². The fourth-order valence-corrected chi connectivity index (χ4v) is 7.11. The topological polar surface area (TPSA) is 576 Å². The first kappa shape index (κ1) is 62.8. The van der Waals surface area contributed by atoms with E-state index in [0.29, 0.717) is 10.9 Å². The number of para-hydroxylation sites is 1. The zero-order valence-electron chi connectivity index (χ0n) is 41.5. The number of nitrogens with zero attached hydrogens (tertiary/aromatic N) is 1. The Morgan fingerprint density at radius 2 is 1.21 bits per heavy atom. The first-order chi connectivity index (χ1) is 37.0. The van der Waals surface area contributed by atoms with Gasteiger partial charge in [0, 0.05) is 30.1 Å². The minimum absolute atomic E-state index is 0.0593. The molecular formula is C43H62N18O17. The molecule has 0 aliphatic carbocycles. The molecule has 1 aliphatic rings. The molecule has 4 bridgehead atoms. The molecule has 13 amide bonds. The van der Waals surface area contributed by atoms with Crippen molar-refractivity contribution in [2.45, 2.75) is 55.4 Å². The van der Waals surface area contributed by atoms with Crippen LogP contribution in [0.25, 0.3) is 10.9 Å². The first-order valence-electron chi connectivity index (χ1n) is 23.4. The van der Waals surface area contributed by atoms with Crippen LogP contribution in [0, 0.1) is 0 Å². The SMILES string of the molecule is NCC(=O)NCC(=O)NCC(=O)NCC(=O)NC(CO)C(=O)NC1Cc2c[nH]c3c(cccc23)C(C(N)=O)C(C(=O)NCC(=O)NCC(=O)NC(CO)C(=O)NCC(=O)NC(CCCN=C(N)N)C(=O)O)NC(=O)CNC1=O. The second kappa shape index (κ2) is 31.4. The van der Waals surface area contributed by atoms with E-state index in [4.69, 9.17) is 22.9 Å². The van der Waals surface area contributed by atoms with E-state index < -0.39 is 178 Å². The van der Waals surface area contributed by atoms with E-state index in [9.17, 15) is 82.4 Å². The van der Waals surface area contributed by atoms with Crippen LogP contribution in [0.15, 0.2) is 29.4 Å². The van der Waals surface area contributed by atoms with Gasteiger partial charge in [-0.25, -0.2) is 4.79 Å². The normalized spacial score (nSPS) is 16.2. The highest BCUT2D eigenvalue weighted by Gasteiger charge is 2.38. The number of carbonyl (C=O) groups is 14. The van der Waals surface area contributed by atoms with Gasteiger partial charge in [-0.3, -0.25) is 67.3 Å². The number of hydrogen-bond acceptors (Lipinski definition) is 18. The summed E-state index contributed by atoms with van der Waals surface area (Å²) in [6, 6.07) is -3.68. The van der Waals surface area contributed by atoms with Crippen LogP contribution in [0.3, 0.4) is 0 Å². The van der Waals surface area contributed by atoms with E-state index in [1.54, 1.807) is 6.07 Å². The van der Waals surface area contributed by atoms with Gasteiger partial charge in [0.2, 0.25) is 76.8 Å². The van der Waals surface area contributed by atoms with Gasteiger partial charge in [0.1, 0.15) is 30.2 Å². The molecule has 1 aromatic heterocycles. The molecule has 0 saturated carbocycles. The van der Waals surface area contributed by atoms with Gasteiger partial charge < -0.3 is 107 Å². The second-order valence-electron chi connectivity index (χ2n) is 16.8. The van der Waals surface area contributed by atoms with Crippen molar-refractivity contribution in [3.05, 3.63) is 35.5 Å². The van der Waals surface area contributed by atoms with Crippen LogP contribution in [0.1, 0.15) is 29.9 Å². The molecule has 3 rings (SSSR count). The maximum atomic E-state index is 13.8. The van der Waals surface area contributed by atoms with Crippen LogP contribution in [-0.2, 0) is 73.5 Å². The predicted molar refractivity (Wildman–Crippen MR) is 265 cm³/mol. The summed E-state index contributed by atoms with van der Waals surface area (Å²) in [6.07, 6.45) is 1.24. The third-order valence-electron chi connectivity index (χ3n) is 11.0. The molecule has 426 valence electrons. The Balaban J connectivity index is 1.63. The lowest BCUT2D eigenvalue weighted by Gasteiger charge is -2.26. The van der Waals surface area contributed by atoms with Gasteiger partial charge in [-0.2, -0.15) is 0 Å². The summed E-state index contributed by atoms with van der Waals surface area (Å²) < 4.78 is 0.